The van der Waals surface area contributed by atoms with Crippen LogP contribution in [0.2, 0.25) is 0 Å². The first-order chi connectivity index (χ1) is 10.1. The van der Waals surface area contributed by atoms with Crippen LogP contribution in [0.3, 0.4) is 0 Å². The molecule has 0 radical (unpaired) electrons. The Hall–Kier alpha value is -2.15. The fourth-order valence-corrected chi connectivity index (χ4v) is 2.59. The van der Waals surface area contributed by atoms with Gasteiger partial charge in [0.15, 0.2) is 12.4 Å². The van der Waals surface area contributed by atoms with E-state index in [0.29, 0.717) is 5.69 Å². The molecular weight excluding hydrogens is 296 g/mol. The van der Waals surface area contributed by atoms with Crippen molar-refractivity contribution in [2.75, 3.05) is 5.43 Å². The molecule has 1 amide bonds. The molecule has 0 aliphatic carbocycles. The number of nitrogens with zero attached hydrogens (tertiary/aromatic N) is 1. The number of hydrogen-bond acceptors (Lipinski definition) is 3. The summed E-state index contributed by atoms with van der Waals surface area (Å²) in [5.74, 6) is -1.36. The molecule has 0 aliphatic heterocycles. The SMILES string of the molecule is C[n+]1cccc(Sc2ccccc2NNC(=O)C(F)F)c1. The van der Waals surface area contributed by atoms with Crippen LogP contribution in [0.25, 0.3) is 0 Å². The van der Waals surface area contributed by atoms with Gasteiger partial charge in [-0.25, -0.2) is 4.57 Å². The van der Waals surface area contributed by atoms with Crippen LogP contribution >= 0.6 is 11.8 Å². The lowest BCUT2D eigenvalue weighted by atomic mass is 10.3. The van der Waals surface area contributed by atoms with Crippen LogP contribution in [0.4, 0.5) is 14.5 Å². The minimum absolute atomic E-state index is 0.558. The Balaban J connectivity index is 2.11. The monoisotopic (exact) mass is 310 g/mol. The fourth-order valence-electron chi connectivity index (χ4n) is 1.59. The number of anilines is 1. The molecule has 0 spiro atoms. The van der Waals surface area contributed by atoms with Crippen molar-refractivity contribution < 1.29 is 18.1 Å². The number of carbonyl (C=O) groups is 1. The maximum atomic E-state index is 12.2. The van der Waals surface area contributed by atoms with E-state index in [1.807, 2.05) is 53.7 Å². The standard InChI is InChI=1S/C14H13F2N3OS/c1-19-8-4-5-10(9-19)21-12-7-3-2-6-11(12)17-18-14(20)13(15)16/h2-9,13,17H,1H3/p+1. The number of para-hydroxylation sites is 1. The lowest BCUT2D eigenvalue weighted by Gasteiger charge is -2.12. The van der Waals surface area contributed by atoms with E-state index in [4.69, 9.17) is 0 Å². The third-order valence-electron chi connectivity index (χ3n) is 2.55. The molecule has 2 N–H and O–H groups in total. The van der Waals surface area contributed by atoms with Crippen molar-refractivity contribution in [1.82, 2.24) is 5.43 Å². The summed E-state index contributed by atoms with van der Waals surface area (Å²) in [7, 11) is 1.91. The van der Waals surface area contributed by atoms with Gasteiger partial charge in [-0.3, -0.25) is 15.6 Å². The highest BCUT2D eigenvalue weighted by atomic mass is 32.2. The number of amides is 1. The molecule has 2 rings (SSSR count). The molecule has 0 saturated heterocycles. The first-order valence-electron chi connectivity index (χ1n) is 6.12. The average Bonchev–Trinajstić information content (AvgIpc) is 2.46. The normalized spacial score (nSPS) is 10.5. The van der Waals surface area contributed by atoms with Gasteiger partial charge in [0.2, 0.25) is 0 Å². The smallest absolute Gasteiger partial charge is 0.297 e. The minimum atomic E-state index is -3.05. The Kier molecular flexibility index (Phi) is 5.10. The molecule has 0 aliphatic rings. The van der Waals surface area contributed by atoms with Gasteiger partial charge in [-0.1, -0.05) is 23.9 Å². The molecule has 1 aromatic heterocycles. The Bertz CT molecular complexity index is 637. The molecule has 0 atom stereocenters. The van der Waals surface area contributed by atoms with E-state index in [1.165, 1.54) is 11.8 Å². The second-order valence-electron chi connectivity index (χ2n) is 4.22. The maximum Gasteiger partial charge on any atom is 0.317 e. The number of hydrogen-bond donors (Lipinski definition) is 2. The number of alkyl halides is 2. The summed E-state index contributed by atoms with van der Waals surface area (Å²) in [6.07, 6.45) is 0.807. The number of halogens is 2. The zero-order valence-corrected chi connectivity index (χ0v) is 12.0. The quantitative estimate of drug-likeness (QED) is 0.658. The highest BCUT2D eigenvalue weighted by Gasteiger charge is 2.15. The van der Waals surface area contributed by atoms with Gasteiger partial charge >= 0.3 is 12.3 Å². The number of rotatable bonds is 5. The van der Waals surface area contributed by atoms with Crippen molar-refractivity contribution >= 4 is 23.4 Å². The highest BCUT2D eigenvalue weighted by Crippen LogP contribution is 2.32. The zero-order chi connectivity index (χ0) is 15.2. The molecule has 0 unspecified atom stereocenters. The summed E-state index contributed by atoms with van der Waals surface area (Å²) in [6, 6.07) is 11.0. The van der Waals surface area contributed by atoms with Gasteiger partial charge in [0.25, 0.3) is 0 Å². The summed E-state index contributed by atoms with van der Waals surface area (Å²) in [4.78, 5) is 12.7. The molecule has 1 aromatic carbocycles. The predicted octanol–water partition coefficient (Wildman–Crippen LogP) is 2.37. The first kappa shape index (κ1) is 15.2. The minimum Gasteiger partial charge on any atom is -0.297 e. The molecule has 1 heterocycles. The number of nitrogens with one attached hydrogen (secondary N) is 2. The van der Waals surface area contributed by atoms with Gasteiger partial charge < -0.3 is 0 Å². The largest absolute Gasteiger partial charge is 0.317 e. The average molecular weight is 310 g/mol. The maximum absolute atomic E-state index is 12.2. The molecule has 0 saturated carbocycles. The third kappa shape index (κ3) is 4.42. The molecule has 0 fully saturated rings. The third-order valence-corrected chi connectivity index (χ3v) is 3.60. The Morgan fingerprint density at radius 2 is 2.00 bits per heavy atom. The topological polar surface area (TPSA) is 45.0 Å². The van der Waals surface area contributed by atoms with Crippen LogP contribution in [0.1, 0.15) is 0 Å². The lowest BCUT2D eigenvalue weighted by molar-refractivity contribution is -0.673. The number of aryl methyl sites for hydroxylation is 1. The van der Waals surface area contributed by atoms with Crippen molar-refractivity contribution in [2.45, 2.75) is 16.2 Å². The van der Waals surface area contributed by atoms with E-state index >= 15 is 0 Å². The van der Waals surface area contributed by atoms with E-state index in [9.17, 15) is 13.6 Å². The van der Waals surface area contributed by atoms with Crippen LogP contribution in [0.5, 0.6) is 0 Å². The number of benzene rings is 1. The summed E-state index contributed by atoms with van der Waals surface area (Å²) in [5.41, 5.74) is 5.06. The molecule has 2 aromatic rings. The van der Waals surface area contributed by atoms with E-state index in [0.717, 1.165) is 9.79 Å². The first-order valence-corrected chi connectivity index (χ1v) is 6.94. The van der Waals surface area contributed by atoms with Gasteiger partial charge in [0.1, 0.15) is 7.05 Å². The van der Waals surface area contributed by atoms with E-state index in [-0.39, 0.29) is 0 Å². The van der Waals surface area contributed by atoms with Crippen LogP contribution in [0, 0.1) is 0 Å². The fraction of sp³-hybridized carbons (Fsp3) is 0.143. The van der Waals surface area contributed by atoms with Crippen LogP contribution in [-0.2, 0) is 11.8 Å². The van der Waals surface area contributed by atoms with Crippen molar-refractivity contribution in [3.8, 4) is 0 Å². The summed E-state index contributed by atoms with van der Waals surface area (Å²) in [6.45, 7) is 0. The molecule has 4 nitrogen and oxygen atoms in total. The number of pyridine rings is 1. The number of aromatic nitrogens is 1. The molecule has 110 valence electrons. The van der Waals surface area contributed by atoms with Gasteiger partial charge in [0.05, 0.1) is 10.6 Å². The predicted molar refractivity (Wildman–Crippen MR) is 76.0 cm³/mol. The van der Waals surface area contributed by atoms with Crippen molar-refractivity contribution in [2.24, 2.45) is 7.05 Å². The Labute approximate surface area is 125 Å². The van der Waals surface area contributed by atoms with Gasteiger partial charge in [-0.05, 0) is 18.2 Å². The van der Waals surface area contributed by atoms with Crippen molar-refractivity contribution in [1.29, 1.82) is 0 Å². The van der Waals surface area contributed by atoms with Gasteiger partial charge in [0, 0.05) is 11.0 Å². The highest BCUT2D eigenvalue weighted by molar-refractivity contribution is 7.99. The molecular formula is C14H14F2N3OS+. The summed E-state index contributed by atoms with van der Waals surface area (Å²) >= 11 is 1.47. The zero-order valence-electron chi connectivity index (χ0n) is 11.2. The van der Waals surface area contributed by atoms with E-state index in [1.54, 1.807) is 12.1 Å². The summed E-state index contributed by atoms with van der Waals surface area (Å²) in [5, 5.41) is 0. The van der Waals surface area contributed by atoms with Crippen LogP contribution in [-0.4, -0.2) is 12.3 Å². The second kappa shape index (κ2) is 7.03. The van der Waals surface area contributed by atoms with Crippen LogP contribution < -0.4 is 15.4 Å². The second-order valence-corrected chi connectivity index (χ2v) is 5.33. The number of carbonyl (C=O) groups excluding carboxylic acids is 1. The van der Waals surface area contributed by atoms with E-state index < -0.39 is 12.3 Å². The Morgan fingerprint density at radius 3 is 2.71 bits per heavy atom. The molecule has 21 heavy (non-hydrogen) atoms. The molecule has 0 bridgehead atoms. The van der Waals surface area contributed by atoms with Gasteiger partial charge in [-0.15, -0.1) is 0 Å². The molecule has 7 heteroatoms. The Morgan fingerprint density at radius 1 is 1.24 bits per heavy atom. The lowest BCUT2D eigenvalue weighted by Crippen LogP contribution is -2.34. The van der Waals surface area contributed by atoms with Crippen molar-refractivity contribution in [3.63, 3.8) is 0 Å². The number of hydrazine groups is 1. The van der Waals surface area contributed by atoms with E-state index in [2.05, 4.69) is 5.43 Å². The summed E-state index contributed by atoms with van der Waals surface area (Å²) < 4.78 is 26.2. The van der Waals surface area contributed by atoms with Crippen LogP contribution in [0.15, 0.2) is 58.6 Å². The van der Waals surface area contributed by atoms with Gasteiger partial charge in [-0.2, -0.15) is 8.78 Å². The van der Waals surface area contributed by atoms with Crippen molar-refractivity contribution in [3.05, 3.63) is 48.8 Å².